The van der Waals surface area contributed by atoms with E-state index in [4.69, 9.17) is 12.2 Å². The topological polar surface area (TPSA) is 80.5 Å². The van der Waals surface area contributed by atoms with E-state index in [0.29, 0.717) is 18.8 Å². The van der Waals surface area contributed by atoms with Crippen molar-refractivity contribution in [2.24, 2.45) is 11.7 Å². The summed E-state index contributed by atoms with van der Waals surface area (Å²) in [4.78, 5) is 13.7. The Morgan fingerprint density at radius 2 is 2.16 bits per heavy atom. The molecule has 1 heterocycles. The van der Waals surface area contributed by atoms with E-state index in [2.05, 4.69) is 5.92 Å². The van der Waals surface area contributed by atoms with Crippen molar-refractivity contribution in [2.75, 3.05) is 18.1 Å². The van der Waals surface area contributed by atoms with Gasteiger partial charge in [-0.05, 0) is 18.8 Å². The zero-order chi connectivity index (χ0) is 14.6. The maximum Gasteiger partial charge on any atom is 0.240 e. The quantitative estimate of drug-likeness (QED) is 0.722. The highest BCUT2D eigenvalue weighted by Gasteiger charge is 2.35. The molecule has 1 aliphatic heterocycles. The van der Waals surface area contributed by atoms with E-state index >= 15 is 0 Å². The Hall–Kier alpha value is -1.06. The van der Waals surface area contributed by atoms with Crippen molar-refractivity contribution in [3.8, 4) is 12.3 Å². The average molecular weight is 286 g/mol. The van der Waals surface area contributed by atoms with Crippen molar-refractivity contribution >= 4 is 15.7 Å². The zero-order valence-corrected chi connectivity index (χ0v) is 12.3. The van der Waals surface area contributed by atoms with Gasteiger partial charge in [0.15, 0.2) is 9.84 Å². The van der Waals surface area contributed by atoms with Crippen LogP contribution in [0.2, 0.25) is 0 Å². The minimum Gasteiger partial charge on any atom is -0.326 e. The van der Waals surface area contributed by atoms with Gasteiger partial charge in [0.05, 0.1) is 24.1 Å². The maximum absolute atomic E-state index is 12.3. The lowest BCUT2D eigenvalue weighted by Crippen LogP contribution is -2.49. The number of nitrogens with zero attached hydrogens (tertiary/aromatic N) is 1. The lowest BCUT2D eigenvalue weighted by Gasteiger charge is -2.29. The second-order valence-corrected chi connectivity index (χ2v) is 7.69. The molecule has 0 saturated carbocycles. The number of carbonyl (C=O) groups excluding carboxylic acids is 1. The maximum atomic E-state index is 12.3. The van der Waals surface area contributed by atoms with E-state index in [9.17, 15) is 13.2 Å². The van der Waals surface area contributed by atoms with E-state index in [1.165, 1.54) is 4.90 Å². The summed E-state index contributed by atoms with van der Waals surface area (Å²) >= 11 is 0. The van der Waals surface area contributed by atoms with Gasteiger partial charge in [0.1, 0.15) is 0 Å². The summed E-state index contributed by atoms with van der Waals surface area (Å²) < 4.78 is 23.0. The molecule has 1 aliphatic rings. The van der Waals surface area contributed by atoms with Crippen molar-refractivity contribution in [1.82, 2.24) is 4.90 Å². The SMILES string of the molecule is C#CCN(C(=O)[C@H](N)CC(C)C)C1CCS(=O)(=O)C1. The van der Waals surface area contributed by atoms with Crippen LogP contribution in [-0.4, -0.2) is 49.4 Å². The molecule has 1 fully saturated rings. The van der Waals surface area contributed by atoms with Crippen molar-refractivity contribution in [1.29, 1.82) is 0 Å². The van der Waals surface area contributed by atoms with Gasteiger partial charge in [0.25, 0.3) is 0 Å². The van der Waals surface area contributed by atoms with E-state index in [-0.39, 0.29) is 30.0 Å². The number of hydrogen-bond donors (Lipinski definition) is 1. The molecule has 1 unspecified atom stereocenters. The highest BCUT2D eigenvalue weighted by Crippen LogP contribution is 2.19. The second kappa shape index (κ2) is 6.40. The minimum absolute atomic E-state index is 0.00514. The normalized spacial score (nSPS) is 23.0. The number of amides is 1. The summed E-state index contributed by atoms with van der Waals surface area (Å²) in [7, 11) is -3.04. The van der Waals surface area contributed by atoms with E-state index in [0.717, 1.165) is 0 Å². The van der Waals surface area contributed by atoms with Gasteiger partial charge in [-0.1, -0.05) is 19.8 Å². The van der Waals surface area contributed by atoms with E-state index in [1.54, 1.807) is 0 Å². The Bertz CT molecular complexity index is 465. The monoisotopic (exact) mass is 286 g/mol. The lowest BCUT2D eigenvalue weighted by molar-refractivity contribution is -0.134. The van der Waals surface area contributed by atoms with Crippen LogP contribution < -0.4 is 5.73 Å². The van der Waals surface area contributed by atoms with Crippen molar-refractivity contribution in [2.45, 2.75) is 38.8 Å². The Labute approximate surface area is 115 Å². The number of rotatable bonds is 5. The molecule has 5 nitrogen and oxygen atoms in total. The van der Waals surface area contributed by atoms with Crippen LogP contribution in [0.3, 0.4) is 0 Å². The lowest BCUT2D eigenvalue weighted by atomic mass is 10.0. The van der Waals surface area contributed by atoms with Gasteiger partial charge in [-0.25, -0.2) is 8.42 Å². The molecular weight excluding hydrogens is 264 g/mol. The molecule has 2 atom stereocenters. The van der Waals surface area contributed by atoms with Gasteiger partial charge in [-0.2, -0.15) is 0 Å². The van der Waals surface area contributed by atoms with Crippen molar-refractivity contribution < 1.29 is 13.2 Å². The fourth-order valence-electron chi connectivity index (χ4n) is 2.33. The molecule has 108 valence electrons. The largest absolute Gasteiger partial charge is 0.326 e. The van der Waals surface area contributed by atoms with E-state index < -0.39 is 15.9 Å². The molecule has 6 heteroatoms. The first kappa shape index (κ1) is 16.0. The molecule has 0 radical (unpaired) electrons. The summed E-state index contributed by atoms with van der Waals surface area (Å²) in [5, 5.41) is 0. The van der Waals surface area contributed by atoms with Crippen LogP contribution in [0.25, 0.3) is 0 Å². The molecule has 0 aromatic carbocycles. The summed E-state index contributed by atoms with van der Waals surface area (Å²) in [6.45, 7) is 4.09. The van der Waals surface area contributed by atoms with Crippen molar-refractivity contribution in [3.05, 3.63) is 0 Å². The van der Waals surface area contributed by atoms with Gasteiger partial charge >= 0.3 is 0 Å². The van der Waals surface area contributed by atoms with Crippen LogP contribution in [-0.2, 0) is 14.6 Å². The van der Waals surface area contributed by atoms with Crippen LogP contribution in [0, 0.1) is 18.3 Å². The summed E-state index contributed by atoms with van der Waals surface area (Å²) in [5.41, 5.74) is 5.88. The van der Waals surface area contributed by atoms with Crippen LogP contribution >= 0.6 is 0 Å². The Balaban J connectivity index is 2.78. The summed E-state index contributed by atoms with van der Waals surface area (Å²) in [6.07, 6.45) is 6.29. The Kier molecular flexibility index (Phi) is 5.39. The Morgan fingerprint density at radius 3 is 2.58 bits per heavy atom. The zero-order valence-electron chi connectivity index (χ0n) is 11.5. The first-order chi connectivity index (χ1) is 8.76. The molecule has 0 aliphatic carbocycles. The predicted molar refractivity (Wildman–Crippen MR) is 75.0 cm³/mol. The highest BCUT2D eigenvalue weighted by atomic mass is 32.2. The number of carbonyl (C=O) groups is 1. The first-order valence-electron chi connectivity index (χ1n) is 6.46. The van der Waals surface area contributed by atoms with Gasteiger partial charge in [-0.15, -0.1) is 6.42 Å². The van der Waals surface area contributed by atoms with Gasteiger partial charge in [0, 0.05) is 6.04 Å². The molecule has 0 spiro atoms. The Morgan fingerprint density at radius 1 is 1.53 bits per heavy atom. The number of sulfone groups is 1. The van der Waals surface area contributed by atoms with Crippen LogP contribution in [0.5, 0.6) is 0 Å². The molecule has 1 amide bonds. The second-order valence-electron chi connectivity index (χ2n) is 5.46. The van der Waals surface area contributed by atoms with Crippen LogP contribution in [0.15, 0.2) is 0 Å². The van der Waals surface area contributed by atoms with E-state index in [1.807, 2.05) is 13.8 Å². The van der Waals surface area contributed by atoms with Crippen LogP contribution in [0.4, 0.5) is 0 Å². The van der Waals surface area contributed by atoms with Crippen molar-refractivity contribution in [3.63, 3.8) is 0 Å². The summed E-state index contributed by atoms with van der Waals surface area (Å²) in [6, 6.07) is -0.941. The minimum atomic E-state index is -3.04. The summed E-state index contributed by atoms with van der Waals surface area (Å²) in [5.74, 6) is 2.59. The first-order valence-corrected chi connectivity index (χ1v) is 8.29. The smallest absolute Gasteiger partial charge is 0.240 e. The molecule has 1 saturated heterocycles. The third kappa shape index (κ3) is 4.51. The number of terminal acetylenes is 1. The molecule has 2 N–H and O–H groups in total. The van der Waals surface area contributed by atoms with Gasteiger partial charge in [0.2, 0.25) is 5.91 Å². The molecule has 0 aromatic rings. The average Bonchev–Trinajstić information content (AvgIpc) is 2.64. The third-order valence-corrected chi connectivity index (χ3v) is 4.99. The molecule has 1 rings (SSSR count). The van der Waals surface area contributed by atoms with Crippen LogP contribution in [0.1, 0.15) is 26.7 Å². The standard InChI is InChI=1S/C13H22N2O3S/c1-4-6-15(11-5-7-19(17,18)9-11)13(16)12(14)8-10(2)3/h1,10-12H,5-9,14H2,2-3H3/t11?,12-/m1/s1. The molecule has 19 heavy (non-hydrogen) atoms. The predicted octanol–water partition coefficient (Wildman–Crippen LogP) is 0.00870. The molecule has 0 aromatic heterocycles. The highest BCUT2D eigenvalue weighted by molar-refractivity contribution is 7.91. The molecular formula is C13H22N2O3S. The van der Waals surface area contributed by atoms with Gasteiger partial charge in [-0.3, -0.25) is 4.79 Å². The fourth-order valence-corrected chi connectivity index (χ4v) is 4.06. The third-order valence-electron chi connectivity index (χ3n) is 3.24. The van der Waals surface area contributed by atoms with Gasteiger partial charge < -0.3 is 10.6 Å². The fraction of sp³-hybridized carbons (Fsp3) is 0.769. The molecule has 0 bridgehead atoms. The number of nitrogens with two attached hydrogens (primary N) is 1. The number of hydrogen-bond acceptors (Lipinski definition) is 4.